The van der Waals surface area contributed by atoms with E-state index in [4.69, 9.17) is 4.55 Å². The third-order valence-corrected chi connectivity index (χ3v) is 4.07. The van der Waals surface area contributed by atoms with Crippen molar-refractivity contribution in [2.45, 2.75) is 18.2 Å². The number of anilines is 1. The second-order valence-corrected chi connectivity index (χ2v) is 6.10. The lowest BCUT2D eigenvalue weighted by atomic mass is 10.3. The highest BCUT2D eigenvalue weighted by atomic mass is 32.2. The van der Waals surface area contributed by atoms with Crippen molar-refractivity contribution in [3.63, 3.8) is 0 Å². The van der Waals surface area contributed by atoms with E-state index in [0.29, 0.717) is 6.42 Å². The summed E-state index contributed by atoms with van der Waals surface area (Å²) in [6.07, 6.45) is 0.441. The first kappa shape index (κ1) is 14.1. The fourth-order valence-corrected chi connectivity index (χ4v) is 2.74. The third-order valence-electron chi connectivity index (χ3n) is 1.87. The quantitative estimate of drug-likeness (QED) is 0.802. The first-order chi connectivity index (χ1) is 7.85. The Balaban J connectivity index is 2.96. The molecule has 0 aliphatic carbocycles. The molecule has 1 aromatic rings. The van der Waals surface area contributed by atoms with Crippen molar-refractivity contribution in [3.05, 3.63) is 24.0 Å². The van der Waals surface area contributed by atoms with Crippen LogP contribution in [0.4, 0.5) is 10.1 Å². The molecule has 0 spiro atoms. The van der Waals surface area contributed by atoms with Crippen LogP contribution in [0.15, 0.2) is 23.1 Å². The van der Waals surface area contributed by atoms with Crippen LogP contribution in [0.2, 0.25) is 0 Å². The fraction of sp³-hybridized carbons (Fsp3) is 0.333. The topological polar surface area (TPSA) is 83.5 Å². The Morgan fingerprint density at radius 1 is 1.47 bits per heavy atom. The van der Waals surface area contributed by atoms with Crippen molar-refractivity contribution < 1.29 is 21.6 Å². The smallest absolute Gasteiger partial charge is 0.232 e. The van der Waals surface area contributed by atoms with Gasteiger partial charge in [-0.25, -0.2) is 17.0 Å². The van der Waals surface area contributed by atoms with Gasteiger partial charge in [-0.1, -0.05) is 6.92 Å². The molecule has 0 bridgehead atoms. The normalized spacial score (nSPS) is 13.4. The van der Waals surface area contributed by atoms with Gasteiger partial charge in [0.1, 0.15) is 10.7 Å². The molecule has 0 fully saturated rings. The summed E-state index contributed by atoms with van der Waals surface area (Å²) < 4.78 is 57.6. The van der Waals surface area contributed by atoms with Gasteiger partial charge in [-0.15, -0.1) is 0 Å². The molecule has 0 aromatic heterocycles. The molecule has 1 atom stereocenters. The van der Waals surface area contributed by atoms with Gasteiger partial charge in [-0.2, -0.15) is 0 Å². The van der Waals surface area contributed by atoms with Gasteiger partial charge >= 0.3 is 0 Å². The lowest BCUT2D eigenvalue weighted by molar-refractivity contribution is 0.544. The maximum absolute atomic E-state index is 13.3. The zero-order valence-electron chi connectivity index (χ0n) is 9.01. The van der Waals surface area contributed by atoms with Crippen LogP contribution in [0.5, 0.6) is 0 Å². The molecule has 0 aliphatic heterocycles. The van der Waals surface area contributed by atoms with E-state index in [9.17, 15) is 17.0 Å². The van der Waals surface area contributed by atoms with Crippen LogP contribution in [0.25, 0.3) is 0 Å². The van der Waals surface area contributed by atoms with Gasteiger partial charge in [0.05, 0.1) is 11.4 Å². The summed E-state index contributed by atoms with van der Waals surface area (Å²) in [5.74, 6) is -0.995. The first-order valence-electron chi connectivity index (χ1n) is 4.76. The predicted octanol–water partition coefficient (Wildman–Crippen LogP) is 1.56. The van der Waals surface area contributed by atoms with E-state index in [1.165, 1.54) is 6.07 Å². The van der Waals surface area contributed by atoms with Crippen LogP contribution in [0, 0.1) is 5.82 Å². The second-order valence-electron chi connectivity index (χ2n) is 3.32. The van der Waals surface area contributed by atoms with E-state index in [0.717, 1.165) is 12.1 Å². The molecule has 8 heteroatoms. The van der Waals surface area contributed by atoms with Gasteiger partial charge in [0.15, 0.2) is 11.1 Å². The van der Waals surface area contributed by atoms with Crippen molar-refractivity contribution in [1.29, 1.82) is 0 Å². The average Bonchev–Trinajstić information content (AvgIpc) is 2.15. The third kappa shape index (κ3) is 4.06. The molecular weight excluding hydrogens is 269 g/mol. The van der Waals surface area contributed by atoms with Crippen molar-refractivity contribution in [3.8, 4) is 0 Å². The van der Waals surface area contributed by atoms with E-state index in [2.05, 4.69) is 4.72 Å². The standard InChI is InChI=1S/C9H12FNO4S2/c1-2-5-17(14,15)11-7-3-4-9(16(12)13)8(10)6-7/h3-4,6,11H,2,5H2,1H3,(H,12,13). The van der Waals surface area contributed by atoms with Crippen LogP contribution in [-0.4, -0.2) is 22.9 Å². The van der Waals surface area contributed by atoms with E-state index >= 15 is 0 Å². The molecule has 0 saturated heterocycles. The zero-order chi connectivity index (χ0) is 13.1. The predicted molar refractivity (Wildman–Crippen MR) is 63.1 cm³/mol. The molecule has 0 saturated carbocycles. The van der Waals surface area contributed by atoms with Gasteiger partial charge in [0.2, 0.25) is 10.0 Å². The maximum atomic E-state index is 13.3. The molecule has 17 heavy (non-hydrogen) atoms. The van der Waals surface area contributed by atoms with Crippen molar-refractivity contribution in [2.75, 3.05) is 10.5 Å². The first-order valence-corrected chi connectivity index (χ1v) is 7.52. The number of sulfonamides is 1. The van der Waals surface area contributed by atoms with Crippen LogP contribution in [0.3, 0.4) is 0 Å². The molecule has 0 heterocycles. The van der Waals surface area contributed by atoms with E-state index in [-0.39, 0.29) is 16.3 Å². The van der Waals surface area contributed by atoms with Crippen LogP contribution < -0.4 is 4.72 Å². The summed E-state index contributed by atoms with van der Waals surface area (Å²) in [5.41, 5.74) is 0.0325. The van der Waals surface area contributed by atoms with Gasteiger partial charge in [0.25, 0.3) is 0 Å². The van der Waals surface area contributed by atoms with Gasteiger partial charge in [-0.05, 0) is 24.6 Å². The Labute approximate surface area is 101 Å². The Hall–Kier alpha value is -0.990. The van der Waals surface area contributed by atoms with Crippen molar-refractivity contribution >= 4 is 26.8 Å². The summed E-state index contributed by atoms with van der Waals surface area (Å²) in [6, 6.07) is 3.17. The Morgan fingerprint density at radius 3 is 2.59 bits per heavy atom. The molecule has 1 rings (SSSR count). The molecule has 2 N–H and O–H groups in total. The Morgan fingerprint density at radius 2 is 2.12 bits per heavy atom. The largest absolute Gasteiger partial charge is 0.302 e. The Bertz CT molecular complexity index is 530. The molecule has 1 aromatic carbocycles. The second kappa shape index (κ2) is 5.56. The number of rotatable bonds is 5. The highest BCUT2D eigenvalue weighted by Crippen LogP contribution is 2.18. The van der Waals surface area contributed by atoms with Crippen molar-refractivity contribution in [1.82, 2.24) is 0 Å². The number of benzene rings is 1. The fourth-order valence-electron chi connectivity index (χ4n) is 1.21. The van der Waals surface area contributed by atoms with Crippen LogP contribution in [-0.2, 0) is 21.1 Å². The van der Waals surface area contributed by atoms with Gasteiger partial charge in [0, 0.05) is 0 Å². The minimum atomic E-state index is -3.49. The molecule has 96 valence electrons. The maximum Gasteiger partial charge on any atom is 0.232 e. The monoisotopic (exact) mass is 281 g/mol. The van der Waals surface area contributed by atoms with Gasteiger partial charge < -0.3 is 4.55 Å². The van der Waals surface area contributed by atoms with Crippen LogP contribution >= 0.6 is 0 Å². The highest BCUT2D eigenvalue weighted by Gasteiger charge is 2.12. The van der Waals surface area contributed by atoms with E-state index < -0.39 is 26.9 Å². The Kier molecular flexibility index (Phi) is 4.61. The molecular formula is C9H12FNO4S2. The average molecular weight is 281 g/mol. The highest BCUT2D eigenvalue weighted by molar-refractivity contribution is 7.92. The molecule has 1 unspecified atom stereocenters. The van der Waals surface area contributed by atoms with E-state index in [1.54, 1.807) is 6.92 Å². The SMILES string of the molecule is CCCS(=O)(=O)Nc1ccc(S(=O)O)c(F)c1. The summed E-state index contributed by atoms with van der Waals surface area (Å²) in [4.78, 5) is -0.386. The minimum Gasteiger partial charge on any atom is -0.302 e. The molecule has 0 amide bonds. The zero-order valence-corrected chi connectivity index (χ0v) is 10.6. The number of halogens is 1. The van der Waals surface area contributed by atoms with Crippen molar-refractivity contribution in [2.24, 2.45) is 0 Å². The number of nitrogens with one attached hydrogen (secondary N) is 1. The lowest BCUT2D eigenvalue weighted by Gasteiger charge is -2.07. The van der Waals surface area contributed by atoms with Crippen LogP contribution in [0.1, 0.15) is 13.3 Å². The summed E-state index contributed by atoms with van der Waals surface area (Å²) in [6.45, 7) is 1.71. The lowest BCUT2D eigenvalue weighted by Crippen LogP contribution is -2.16. The number of hydrogen-bond acceptors (Lipinski definition) is 3. The van der Waals surface area contributed by atoms with Gasteiger partial charge in [-0.3, -0.25) is 4.72 Å². The summed E-state index contributed by atoms with van der Waals surface area (Å²) >= 11 is -2.43. The summed E-state index contributed by atoms with van der Waals surface area (Å²) in [5, 5.41) is 0. The molecule has 0 radical (unpaired) electrons. The molecule has 5 nitrogen and oxygen atoms in total. The van der Waals surface area contributed by atoms with E-state index in [1.807, 2.05) is 0 Å². The summed E-state index contributed by atoms with van der Waals surface area (Å²) in [7, 11) is -3.49. The molecule has 0 aliphatic rings. The minimum absolute atomic E-state index is 0.0325. The number of hydrogen-bond donors (Lipinski definition) is 2.